The largest absolute Gasteiger partial charge is 0.326 e. The van der Waals surface area contributed by atoms with Crippen molar-refractivity contribution in [3.63, 3.8) is 0 Å². The molecule has 144 valence electrons. The van der Waals surface area contributed by atoms with Crippen LogP contribution in [0.5, 0.6) is 0 Å². The number of nitriles is 1. The number of pyridine rings is 1. The van der Waals surface area contributed by atoms with Gasteiger partial charge in [-0.2, -0.15) is 5.26 Å². The number of amides is 2. The zero-order valence-electron chi connectivity index (χ0n) is 15.7. The Morgan fingerprint density at radius 3 is 2.96 bits per heavy atom. The molecule has 3 heterocycles. The fraction of sp³-hybridized carbons (Fsp3) is 0.429. The van der Waals surface area contributed by atoms with E-state index < -0.39 is 0 Å². The first kappa shape index (κ1) is 18.4. The van der Waals surface area contributed by atoms with Gasteiger partial charge in [0, 0.05) is 18.5 Å². The van der Waals surface area contributed by atoms with E-state index in [0.29, 0.717) is 25.3 Å². The Balaban J connectivity index is 1.32. The van der Waals surface area contributed by atoms with Crippen molar-refractivity contribution in [1.29, 1.82) is 5.26 Å². The number of anilines is 1. The van der Waals surface area contributed by atoms with Crippen molar-refractivity contribution in [3.8, 4) is 6.07 Å². The van der Waals surface area contributed by atoms with Crippen LogP contribution in [0.25, 0.3) is 10.9 Å². The summed E-state index contributed by atoms with van der Waals surface area (Å²) in [6.07, 6.45) is 4.04. The minimum atomic E-state index is -0.297. The second-order valence-corrected chi connectivity index (χ2v) is 7.50. The van der Waals surface area contributed by atoms with E-state index in [-0.39, 0.29) is 30.3 Å². The van der Waals surface area contributed by atoms with Crippen molar-refractivity contribution in [2.45, 2.75) is 25.3 Å². The highest BCUT2D eigenvalue weighted by molar-refractivity contribution is 5.94. The molecule has 2 unspecified atom stereocenters. The Kier molecular flexibility index (Phi) is 5.22. The average molecular weight is 377 g/mol. The summed E-state index contributed by atoms with van der Waals surface area (Å²) in [5, 5.41) is 13.1. The van der Waals surface area contributed by atoms with Crippen molar-refractivity contribution < 1.29 is 9.59 Å². The predicted molar refractivity (Wildman–Crippen MR) is 105 cm³/mol. The number of fused-ring (bicyclic) bond motifs is 1. The highest BCUT2D eigenvalue weighted by Gasteiger charge is 2.33. The van der Waals surface area contributed by atoms with Crippen LogP contribution in [0, 0.1) is 17.2 Å². The summed E-state index contributed by atoms with van der Waals surface area (Å²) in [5.74, 6) is -0.198. The lowest BCUT2D eigenvalue weighted by Gasteiger charge is -2.23. The lowest BCUT2D eigenvalue weighted by Crippen LogP contribution is -2.42. The number of aromatic nitrogens is 1. The molecule has 0 aliphatic carbocycles. The number of hydrogen-bond acceptors (Lipinski definition) is 5. The summed E-state index contributed by atoms with van der Waals surface area (Å²) in [4.78, 5) is 33.2. The summed E-state index contributed by atoms with van der Waals surface area (Å²) in [7, 11) is 0. The van der Waals surface area contributed by atoms with Gasteiger partial charge < -0.3 is 10.2 Å². The zero-order chi connectivity index (χ0) is 19.5. The van der Waals surface area contributed by atoms with Crippen molar-refractivity contribution in [2.75, 3.05) is 31.5 Å². The number of carbonyl (C=O) groups excluding carboxylic acids is 2. The summed E-state index contributed by atoms with van der Waals surface area (Å²) in [6.45, 7) is 2.21. The molecule has 2 amide bonds. The van der Waals surface area contributed by atoms with Crippen LogP contribution in [0.1, 0.15) is 19.3 Å². The first-order valence-electron chi connectivity index (χ1n) is 9.71. The van der Waals surface area contributed by atoms with Crippen molar-refractivity contribution in [1.82, 2.24) is 14.8 Å². The third kappa shape index (κ3) is 3.82. The van der Waals surface area contributed by atoms with Crippen LogP contribution in [-0.4, -0.2) is 58.8 Å². The smallest absolute Gasteiger partial charge is 0.237 e. The molecule has 0 spiro atoms. The Labute approximate surface area is 163 Å². The fourth-order valence-corrected chi connectivity index (χ4v) is 4.06. The van der Waals surface area contributed by atoms with Crippen LogP contribution in [0.2, 0.25) is 0 Å². The molecule has 1 aromatic heterocycles. The van der Waals surface area contributed by atoms with Crippen LogP contribution in [0.4, 0.5) is 5.69 Å². The maximum absolute atomic E-state index is 12.6. The van der Waals surface area contributed by atoms with E-state index in [1.807, 2.05) is 35.2 Å². The fourth-order valence-electron chi connectivity index (χ4n) is 4.06. The SMILES string of the molecule is N#CC1CCCN1C(=O)CN1CCC(C(=O)Nc2cnc3ccccc3c2)C1. The Bertz CT molecular complexity index is 938. The quantitative estimate of drug-likeness (QED) is 0.880. The van der Waals surface area contributed by atoms with Crippen LogP contribution in [-0.2, 0) is 9.59 Å². The average Bonchev–Trinajstić information content (AvgIpc) is 3.37. The van der Waals surface area contributed by atoms with E-state index in [4.69, 9.17) is 5.26 Å². The lowest BCUT2D eigenvalue weighted by molar-refractivity contribution is -0.132. The van der Waals surface area contributed by atoms with E-state index in [1.54, 1.807) is 11.1 Å². The summed E-state index contributed by atoms with van der Waals surface area (Å²) in [5.41, 5.74) is 1.58. The molecular formula is C21H23N5O2. The molecule has 28 heavy (non-hydrogen) atoms. The van der Waals surface area contributed by atoms with Gasteiger partial charge in [-0.1, -0.05) is 18.2 Å². The summed E-state index contributed by atoms with van der Waals surface area (Å²) >= 11 is 0. The molecule has 0 saturated carbocycles. The molecule has 2 aromatic rings. The molecule has 4 rings (SSSR count). The number of para-hydroxylation sites is 1. The number of rotatable bonds is 4. The minimum Gasteiger partial charge on any atom is -0.326 e. The van der Waals surface area contributed by atoms with Gasteiger partial charge in [-0.15, -0.1) is 0 Å². The molecule has 7 heteroatoms. The van der Waals surface area contributed by atoms with Crippen LogP contribution in [0.15, 0.2) is 36.5 Å². The Hall–Kier alpha value is -2.98. The molecular weight excluding hydrogens is 354 g/mol. The monoisotopic (exact) mass is 377 g/mol. The normalized spacial score (nSPS) is 22.3. The highest BCUT2D eigenvalue weighted by atomic mass is 16.2. The van der Waals surface area contributed by atoms with Gasteiger partial charge in [-0.25, -0.2) is 0 Å². The zero-order valence-corrected chi connectivity index (χ0v) is 15.7. The third-order valence-corrected chi connectivity index (χ3v) is 5.58. The number of hydrogen-bond donors (Lipinski definition) is 1. The van der Waals surface area contributed by atoms with Gasteiger partial charge >= 0.3 is 0 Å². The van der Waals surface area contributed by atoms with E-state index in [2.05, 4.69) is 16.4 Å². The van der Waals surface area contributed by atoms with E-state index in [1.165, 1.54) is 0 Å². The minimum absolute atomic E-state index is 0.0103. The van der Waals surface area contributed by atoms with Gasteiger partial charge in [-0.05, 0) is 37.9 Å². The second kappa shape index (κ2) is 7.95. The molecule has 2 atom stereocenters. The first-order valence-corrected chi connectivity index (χ1v) is 9.71. The standard InChI is InChI=1S/C21H23N5O2/c22-11-18-5-3-8-26(18)20(27)14-25-9-7-16(13-25)21(28)24-17-10-15-4-1-2-6-19(15)23-12-17/h1-2,4,6,10,12,16,18H,3,5,7-9,13-14H2,(H,24,28). The topological polar surface area (TPSA) is 89.3 Å². The summed E-state index contributed by atoms with van der Waals surface area (Å²) in [6, 6.07) is 11.6. The maximum atomic E-state index is 12.6. The second-order valence-electron chi connectivity index (χ2n) is 7.50. The molecule has 2 aliphatic heterocycles. The van der Waals surface area contributed by atoms with E-state index in [9.17, 15) is 9.59 Å². The van der Waals surface area contributed by atoms with E-state index in [0.717, 1.165) is 30.2 Å². The van der Waals surface area contributed by atoms with Gasteiger partial charge in [0.2, 0.25) is 11.8 Å². The van der Waals surface area contributed by atoms with Crippen molar-refractivity contribution in [2.24, 2.45) is 5.92 Å². The Morgan fingerprint density at radius 2 is 2.11 bits per heavy atom. The van der Waals surface area contributed by atoms with Gasteiger partial charge in [0.15, 0.2) is 0 Å². The van der Waals surface area contributed by atoms with Gasteiger partial charge in [0.05, 0.1) is 35.9 Å². The summed E-state index contributed by atoms with van der Waals surface area (Å²) < 4.78 is 0. The highest BCUT2D eigenvalue weighted by Crippen LogP contribution is 2.22. The van der Waals surface area contributed by atoms with Crippen molar-refractivity contribution in [3.05, 3.63) is 36.5 Å². The van der Waals surface area contributed by atoms with Gasteiger partial charge in [0.25, 0.3) is 0 Å². The number of carbonyl (C=O) groups is 2. The molecule has 1 aromatic carbocycles. The number of benzene rings is 1. The molecule has 0 radical (unpaired) electrons. The molecule has 2 saturated heterocycles. The predicted octanol–water partition coefficient (Wildman–Crippen LogP) is 2.01. The van der Waals surface area contributed by atoms with Gasteiger partial charge in [0.1, 0.15) is 6.04 Å². The molecule has 1 N–H and O–H groups in total. The third-order valence-electron chi connectivity index (χ3n) is 5.58. The molecule has 2 fully saturated rings. The Morgan fingerprint density at radius 1 is 1.25 bits per heavy atom. The number of nitrogens with one attached hydrogen (secondary N) is 1. The molecule has 2 aliphatic rings. The van der Waals surface area contributed by atoms with Crippen LogP contribution >= 0.6 is 0 Å². The van der Waals surface area contributed by atoms with Gasteiger partial charge in [-0.3, -0.25) is 19.5 Å². The van der Waals surface area contributed by atoms with Crippen molar-refractivity contribution >= 4 is 28.4 Å². The molecule has 7 nitrogen and oxygen atoms in total. The number of likely N-dealkylation sites (tertiary alicyclic amines) is 2. The lowest BCUT2D eigenvalue weighted by atomic mass is 10.1. The maximum Gasteiger partial charge on any atom is 0.237 e. The van der Waals surface area contributed by atoms with E-state index >= 15 is 0 Å². The van der Waals surface area contributed by atoms with Crippen LogP contribution < -0.4 is 5.32 Å². The molecule has 0 bridgehead atoms. The van der Waals surface area contributed by atoms with Crippen LogP contribution in [0.3, 0.4) is 0 Å². The first-order chi connectivity index (χ1) is 13.6. The number of nitrogens with zero attached hydrogens (tertiary/aromatic N) is 4.